The minimum Gasteiger partial charge on any atom is -0.493 e. The molecule has 9 heteroatoms. The average Bonchev–Trinajstić information content (AvgIpc) is 2.81. The predicted molar refractivity (Wildman–Crippen MR) is 121 cm³/mol. The lowest BCUT2D eigenvalue weighted by Gasteiger charge is -2.25. The van der Waals surface area contributed by atoms with E-state index in [0.29, 0.717) is 11.5 Å². The molecule has 0 radical (unpaired) electrons. The number of aromatic nitrogens is 1. The smallest absolute Gasteiger partial charge is 0.264 e. The van der Waals surface area contributed by atoms with Gasteiger partial charge in [0.05, 0.1) is 24.8 Å². The molecule has 0 unspecified atom stereocenters. The Morgan fingerprint density at radius 1 is 1.03 bits per heavy atom. The van der Waals surface area contributed by atoms with Crippen LogP contribution in [0.4, 0.5) is 5.69 Å². The molecule has 0 aliphatic heterocycles. The van der Waals surface area contributed by atoms with Gasteiger partial charge in [-0.15, -0.1) is 0 Å². The molecule has 1 N–H and O–H groups in total. The van der Waals surface area contributed by atoms with Crippen molar-refractivity contribution in [2.75, 3.05) is 25.1 Å². The minimum atomic E-state index is -4.03. The lowest BCUT2D eigenvalue weighted by atomic mass is 10.2. The van der Waals surface area contributed by atoms with E-state index in [4.69, 9.17) is 9.47 Å². The lowest BCUT2D eigenvalue weighted by molar-refractivity contribution is -0.119. The largest absolute Gasteiger partial charge is 0.493 e. The zero-order valence-corrected chi connectivity index (χ0v) is 18.9. The maximum Gasteiger partial charge on any atom is 0.264 e. The van der Waals surface area contributed by atoms with Gasteiger partial charge in [0.15, 0.2) is 11.5 Å². The number of nitrogens with zero attached hydrogens (tertiary/aromatic N) is 2. The molecule has 3 rings (SSSR count). The van der Waals surface area contributed by atoms with E-state index >= 15 is 0 Å². The monoisotopic (exact) mass is 455 g/mol. The number of nitrogens with one attached hydrogen (secondary N) is 1. The quantitative estimate of drug-likeness (QED) is 0.533. The molecule has 32 heavy (non-hydrogen) atoms. The molecule has 1 aromatic heterocycles. The second kappa shape index (κ2) is 10.1. The van der Waals surface area contributed by atoms with Gasteiger partial charge in [0.1, 0.15) is 6.54 Å². The summed E-state index contributed by atoms with van der Waals surface area (Å²) in [5.41, 5.74) is 2.01. The highest BCUT2D eigenvalue weighted by atomic mass is 32.2. The summed E-state index contributed by atoms with van der Waals surface area (Å²) < 4.78 is 38.6. The van der Waals surface area contributed by atoms with Crippen LogP contribution in [0.2, 0.25) is 0 Å². The standard InChI is InChI=1S/C23H25N3O5S/c1-17-6-9-20(10-7-17)32(28,29)26(19-8-11-21(30-2)22(13-19)31-3)16-23(27)25-15-18-5-4-12-24-14-18/h4-14H,15-16H2,1-3H3,(H,25,27). The Balaban J connectivity index is 1.93. The molecule has 0 saturated carbocycles. The second-order valence-corrected chi connectivity index (χ2v) is 8.86. The topological polar surface area (TPSA) is 97.8 Å². The highest BCUT2D eigenvalue weighted by Gasteiger charge is 2.28. The first-order chi connectivity index (χ1) is 15.3. The normalized spacial score (nSPS) is 11.0. The zero-order valence-electron chi connectivity index (χ0n) is 18.1. The summed E-state index contributed by atoms with van der Waals surface area (Å²) >= 11 is 0. The number of hydrogen-bond acceptors (Lipinski definition) is 6. The molecule has 0 aliphatic rings. The van der Waals surface area contributed by atoms with Crippen molar-refractivity contribution in [1.29, 1.82) is 0 Å². The third kappa shape index (κ3) is 5.36. The number of benzene rings is 2. The zero-order chi connectivity index (χ0) is 23.1. The van der Waals surface area contributed by atoms with Gasteiger partial charge in [-0.05, 0) is 42.8 Å². The maximum absolute atomic E-state index is 13.5. The van der Waals surface area contributed by atoms with Gasteiger partial charge in [-0.2, -0.15) is 0 Å². The summed E-state index contributed by atoms with van der Waals surface area (Å²) in [5, 5.41) is 2.74. The Morgan fingerprint density at radius 3 is 2.38 bits per heavy atom. The Labute approximate surface area is 187 Å². The van der Waals surface area contributed by atoms with Crippen LogP contribution in [0.3, 0.4) is 0 Å². The molecular weight excluding hydrogens is 430 g/mol. The van der Waals surface area contributed by atoms with E-state index in [1.807, 2.05) is 13.0 Å². The predicted octanol–water partition coefficient (Wildman–Crippen LogP) is 2.92. The summed E-state index contributed by atoms with van der Waals surface area (Å²) in [6, 6.07) is 14.7. The molecule has 3 aromatic rings. The molecule has 0 aliphatic carbocycles. The number of carbonyl (C=O) groups excluding carboxylic acids is 1. The van der Waals surface area contributed by atoms with Crippen LogP contribution >= 0.6 is 0 Å². The molecule has 0 spiro atoms. The Morgan fingerprint density at radius 2 is 1.75 bits per heavy atom. The summed E-state index contributed by atoms with van der Waals surface area (Å²) in [7, 11) is -1.08. The Hall–Kier alpha value is -3.59. The Kier molecular flexibility index (Phi) is 7.32. The third-order valence-electron chi connectivity index (χ3n) is 4.76. The second-order valence-electron chi connectivity index (χ2n) is 7.00. The fourth-order valence-corrected chi connectivity index (χ4v) is 4.44. The van der Waals surface area contributed by atoms with Gasteiger partial charge in [-0.25, -0.2) is 8.42 Å². The van der Waals surface area contributed by atoms with Crippen LogP contribution in [0.25, 0.3) is 0 Å². The highest BCUT2D eigenvalue weighted by molar-refractivity contribution is 7.92. The number of methoxy groups -OCH3 is 2. The van der Waals surface area contributed by atoms with Crippen LogP contribution in [-0.2, 0) is 21.4 Å². The summed E-state index contributed by atoms with van der Waals surface area (Å²) in [4.78, 5) is 16.8. The third-order valence-corrected chi connectivity index (χ3v) is 6.55. The van der Waals surface area contributed by atoms with Crippen molar-refractivity contribution in [2.24, 2.45) is 0 Å². The van der Waals surface area contributed by atoms with Crippen LogP contribution in [-0.4, -0.2) is 40.1 Å². The molecule has 1 heterocycles. The number of sulfonamides is 1. The SMILES string of the molecule is COc1ccc(N(CC(=O)NCc2cccnc2)S(=O)(=O)c2ccc(C)cc2)cc1OC. The molecule has 1 amide bonds. The van der Waals surface area contributed by atoms with E-state index in [9.17, 15) is 13.2 Å². The Bertz CT molecular complexity index is 1170. The average molecular weight is 456 g/mol. The number of amides is 1. The van der Waals surface area contributed by atoms with Crippen molar-refractivity contribution < 1.29 is 22.7 Å². The van der Waals surface area contributed by atoms with Gasteiger partial charge in [0, 0.05) is 25.0 Å². The number of carbonyl (C=O) groups is 1. The first kappa shape index (κ1) is 23.1. The number of pyridine rings is 1. The van der Waals surface area contributed by atoms with Crippen molar-refractivity contribution in [2.45, 2.75) is 18.4 Å². The minimum absolute atomic E-state index is 0.0814. The van der Waals surface area contributed by atoms with Crippen LogP contribution in [0, 0.1) is 6.92 Å². The first-order valence-corrected chi connectivity index (χ1v) is 11.3. The molecule has 168 valence electrons. The maximum atomic E-state index is 13.5. The summed E-state index contributed by atoms with van der Waals surface area (Å²) in [5.74, 6) is 0.342. The van der Waals surface area contributed by atoms with Crippen molar-refractivity contribution >= 4 is 21.6 Å². The summed E-state index contributed by atoms with van der Waals surface area (Å²) in [6.45, 7) is 1.69. The van der Waals surface area contributed by atoms with Crippen molar-refractivity contribution in [3.63, 3.8) is 0 Å². The molecule has 8 nitrogen and oxygen atoms in total. The number of hydrogen-bond donors (Lipinski definition) is 1. The van der Waals surface area contributed by atoms with E-state index < -0.39 is 22.5 Å². The number of anilines is 1. The molecule has 0 atom stereocenters. The van der Waals surface area contributed by atoms with Crippen molar-refractivity contribution in [3.05, 3.63) is 78.1 Å². The van der Waals surface area contributed by atoms with E-state index in [2.05, 4.69) is 10.3 Å². The molecule has 0 saturated heterocycles. The van der Waals surface area contributed by atoms with Crippen molar-refractivity contribution in [3.8, 4) is 11.5 Å². The molecule has 2 aromatic carbocycles. The molecule has 0 fully saturated rings. The highest BCUT2D eigenvalue weighted by Crippen LogP contribution is 2.33. The van der Waals surface area contributed by atoms with Gasteiger partial charge in [0.2, 0.25) is 5.91 Å². The van der Waals surface area contributed by atoms with E-state index in [-0.39, 0.29) is 17.1 Å². The van der Waals surface area contributed by atoms with Gasteiger partial charge in [-0.1, -0.05) is 23.8 Å². The number of ether oxygens (including phenoxy) is 2. The lowest BCUT2D eigenvalue weighted by Crippen LogP contribution is -2.40. The van der Waals surface area contributed by atoms with Gasteiger partial charge in [0.25, 0.3) is 10.0 Å². The van der Waals surface area contributed by atoms with Crippen molar-refractivity contribution in [1.82, 2.24) is 10.3 Å². The first-order valence-electron chi connectivity index (χ1n) is 9.82. The van der Waals surface area contributed by atoms with Gasteiger partial charge < -0.3 is 14.8 Å². The number of rotatable bonds is 9. The van der Waals surface area contributed by atoms with Gasteiger partial charge >= 0.3 is 0 Å². The van der Waals surface area contributed by atoms with Gasteiger partial charge in [-0.3, -0.25) is 14.1 Å². The number of aryl methyl sites for hydroxylation is 1. The van der Waals surface area contributed by atoms with E-state index in [1.165, 1.54) is 32.4 Å². The summed E-state index contributed by atoms with van der Waals surface area (Å²) in [6.07, 6.45) is 3.27. The fourth-order valence-electron chi connectivity index (χ4n) is 3.02. The molecule has 0 bridgehead atoms. The van der Waals surface area contributed by atoms with E-state index in [0.717, 1.165) is 15.4 Å². The van der Waals surface area contributed by atoms with Crippen LogP contribution in [0.15, 0.2) is 71.9 Å². The van der Waals surface area contributed by atoms with Crippen LogP contribution < -0.4 is 19.1 Å². The van der Waals surface area contributed by atoms with Crippen LogP contribution in [0.5, 0.6) is 11.5 Å². The fraction of sp³-hybridized carbons (Fsp3) is 0.217. The molecular formula is C23H25N3O5S. The van der Waals surface area contributed by atoms with E-state index in [1.54, 1.807) is 42.7 Å². The van der Waals surface area contributed by atoms with Crippen LogP contribution in [0.1, 0.15) is 11.1 Å².